The minimum absolute atomic E-state index is 0.0179. The van der Waals surface area contributed by atoms with Gasteiger partial charge in [-0.15, -0.1) is 0 Å². The molecule has 5 heteroatoms. The summed E-state index contributed by atoms with van der Waals surface area (Å²) >= 11 is 0. The van der Waals surface area contributed by atoms with Crippen LogP contribution >= 0.6 is 0 Å². The lowest BCUT2D eigenvalue weighted by Crippen LogP contribution is -2.11. The number of hydrogen-bond donors (Lipinski definition) is 1. The Balaban J connectivity index is 2.13. The highest BCUT2D eigenvalue weighted by Crippen LogP contribution is 2.25. The maximum absolute atomic E-state index is 11.5. The highest BCUT2D eigenvalue weighted by molar-refractivity contribution is 5.36. The van der Waals surface area contributed by atoms with Crippen molar-refractivity contribution in [1.29, 1.82) is 0 Å². The van der Waals surface area contributed by atoms with E-state index in [1.54, 1.807) is 12.1 Å². The molecule has 1 atom stereocenters. The van der Waals surface area contributed by atoms with Crippen LogP contribution in [0.25, 0.3) is 5.65 Å². The molecule has 2 aromatic heterocycles. The highest BCUT2D eigenvalue weighted by Gasteiger charge is 2.21. The van der Waals surface area contributed by atoms with Crippen molar-refractivity contribution in [3.63, 3.8) is 0 Å². The number of fused-ring (bicyclic) bond motifs is 1. The Kier molecular flexibility index (Phi) is 1.85. The number of aromatic nitrogens is 3. The largest absolute Gasteiger partial charge is 0.370 e. The standard InChI is InChI=1S/C10H11N3O2/c14-9-5-1-4-8-11-10(12-13(8)9)7-3-2-6-15-7/h1,4-5,7H,2-3,6H2,(H,11,12). The van der Waals surface area contributed by atoms with Crippen LogP contribution in [0, 0.1) is 0 Å². The molecule has 2 aromatic rings. The van der Waals surface area contributed by atoms with Gasteiger partial charge in [0.05, 0.1) is 0 Å². The molecular weight excluding hydrogens is 194 g/mol. The Morgan fingerprint density at radius 3 is 3.20 bits per heavy atom. The van der Waals surface area contributed by atoms with Gasteiger partial charge in [-0.3, -0.25) is 9.89 Å². The fourth-order valence-corrected chi connectivity index (χ4v) is 1.88. The third-order valence-corrected chi connectivity index (χ3v) is 2.63. The summed E-state index contributed by atoms with van der Waals surface area (Å²) in [7, 11) is 0. The predicted octanol–water partition coefficient (Wildman–Crippen LogP) is 0.874. The first-order chi connectivity index (χ1) is 7.34. The number of nitrogens with zero attached hydrogens (tertiary/aromatic N) is 2. The average molecular weight is 205 g/mol. The molecule has 3 heterocycles. The van der Waals surface area contributed by atoms with Crippen LogP contribution in [0.1, 0.15) is 24.8 Å². The molecule has 78 valence electrons. The molecule has 0 spiro atoms. The molecular formula is C10H11N3O2. The van der Waals surface area contributed by atoms with Crippen LogP contribution < -0.4 is 5.56 Å². The molecule has 0 radical (unpaired) electrons. The van der Waals surface area contributed by atoms with Crippen molar-refractivity contribution in [2.75, 3.05) is 6.61 Å². The van der Waals surface area contributed by atoms with Gasteiger partial charge >= 0.3 is 0 Å². The Morgan fingerprint density at radius 1 is 1.53 bits per heavy atom. The third kappa shape index (κ3) is 1.35. The Labute approximate surface area is 85.7 Å². The molecule has 0 aromatic carbocycles. The number of aromatic amines is 1. The summed E-state index contributed by atoms with van der Waals surface area (Å²) in [6.07, 6.45) is 2.04. The van der Waals surface area contributed by atoms with Crippen molar-refractivity contribution >= 4 is 5.65 Å². The molecule has 1 fully saturated rings. The van der Waals surface area contributed by atoms with E-state index in [0.29, 0.717) is 5.65 Å². The van der Waals surface area contributed by atoms with Crippen molar-refractivity contribution in [2.45, 2.75) is 18.9 Å². The van der Waals surface area contributed by atoms with Gasteiger partial charge in [-0.05, 0) is 18.9 Å². The van der Waals surface area contributed by atoms with Crippen molar-refractivity contribution in [3.8, 4) is 0 Å². The molecule has 0 bridgehead atoms. The van der Waals surface area contributed by atoms with Gasteiger partial charge < -0.3 is 4.74 Å². The Morgan fingerprint density at radius 2 is 2.47 bits per heavy atom. The molecule has 0 amide bonds. The zero-order valence-electron chi connectivity index (χ0n) is 8.14. The first-order valence-corrected chi connectivity index (χ1v) is 5.04. The molecule has 15 heavy (non-hydrogen) atoms. The van der Waals surface area contributed by atoms with Gasteiger partial charge in [0.25, 0.3) is 5.56 Å². The summed E-state index contributed by atoms with van der Waals surface area (Å²) < 4.78 is 6.94. The molecule has 0 saturated carbocycles. The van der Waals surface area contributed by atoms with Gasteiger partial charge in [-0.1, -0.05) is 6.07 Å². The fourth-order valence-electron chi connectivity index (χ4n) is 1.88. The quantitative estimate of drug-likeness (QED) is 0.751. The maximum atomic E-state index is 11.5. The van der Waals surface area contributed by atoms with Crippen LogP contribution in [0.3, 0.4) is 0 Å². The normalized spacial score (nSPS) is 21.2. The SMILES string of the molecule is O=c1cccc2nc(C3CCCO3)[nH]n12. The van der Waals surface area contributed by atoms with E-state index in [0.717, 1.165) is 25.3 Å². The van der Waals surface area contributed by atoms with Gasteiger partial charge in [0.2, 0.25) is 0 Å². The third-order valence-electron chi connectivity index (χ3n) is 2.63. The van der Waals surface area contributed by atoms with Gasteiger partial charge in [-0.25, -0.2) is 9.50 Å². The van der Waals surface area contributed by atoms with E-state index in [1.807, 2.05) is 0 Å². The van der Waals surface area contributed by atoms with E-state index in [2.05, 4.69) is 10.1 Å². The van der Waals surface area contributed by atoms with Gasteiger partial charge in [0.15, 0.2) is 11.5 Å². The summed E-state index contributed by atoms with van der Waals surface area (Å²) in [6, 6.07) is 5.01. The molecule has 1 saturated heterocycles. The lowest BCUT2D eigenvalue weighted by atomic mass is 10.2. The van der Waals surface area contributed by atoms with Crippen LogP contribution in [-0.4, -0.2) is 21.2 Å². The minimum Gasteiger partial charge on any atom is -0.370 e. The van der Waals surface area contributed by atoms with Crippen LogP contribution in [0.15, 0.2) is 23.0 Å². The molecule has 1 N–H and O–H groups in total. The van der Waals surface area contributed by atoms with Crippen molar-refractivity contribution in [1.82, 2.24) is 14.6 Å². The summed E-state index contributed by atoms with van der Waals surface area (Å²) in [5.74, 6) is 0.746. The second-order valence-corrected chi connectivity index (χ2v) is 3.67. The topological polar surface area (TPSA) is 59.4 Å². The second-order valence-electron chi connectivity index (χ2n) is 3.67. The summed E-state index contributed by atoms with van der Waals surface area (Å²) in [6.45, 7) is 0.774. The molecule has 0 aliphatic carbocycles. The zero-order valence-corrected chi connectivity index (χ0v) is 8.14. The Bertz CT molecular complexity index is 537. The van der Waals surface area contributed by atoms with Gasteiger partial charge in [0.1, 0.15) is 6.10 Å². The van der Waals surface area contributed by atoms with Crippen LogP contribution in [0.2, 0.25) is 0 Å². The van der Waals surface area contributed by atoms with Gasteiger partial charge in [0, 0.05) is 12.7 Å². The molecule has 1 aliphatic rings. The first kappa shape index (κ1) is 8.67. The first-order valence-electron chi connectivity index (χ1n) is 5.04. The monoisotopic (exact) mass is 205 g/mol. The predicted molar refractivity (Wildman–Crippen MR) is 53.7 cm³/mol. The summed E-state index contributed by atoms with van der Waals surface area (Å²) in [5, 5.41) is 2.97. The molecule has 1 unspecified atom stereocenters. The minimum atomic E-state index is -0.0933. The van der Waals surface area contributed by atoms with E-state index < -0.39 is 0 Å². The van der Waals surface area contributed by atoms with E-state index >= 15 is 0 Å². The maximum Gasteiger partial charge on any atom is 0.271 e. The number of hydrogen-bond acceptors (Lipinski definition) is 3. The van der Waals surface area contributed by atoms with Crippen molar-refractivity contribution in [2.24, 2.45) is 0 Å². The van der Waals surface area contributed by atoms with Crippen LogP contribution in [0.4, 0.5) is 0 Å². The smallest absolute Gasteiger partial charge is 0.271 e. The van der Waals surface area contributed by atoms with Crippen LogP contribution in [-0.2, 0) is 4.74 Å². The van der Waals surface area contributed by atoms with Crippen molar-refractivity contribution in [3.05, 3.63) is 34.4 Å². The molecule has 3 rings (SSSR count). The van der Waals surface area contributed by atoms with E-state index in [9.17, 15) is 4.79 Å². The molecule has 5 nitrogen and oxygen atoms in total. The number of pyridine rings is 1. The van der Waals surface area contributed by atoms with E-state index in [1.165, 1.54) is 10.6 Å². The lowest BCUT2D eigenvalue weighted by Gasteiger charge is -2.02. The number of H-pyrrole nitrogens is 1. The van der Waals surface area contributed by atoms with Gasteiger partial charge in [-0.2, -0.15) is 0 Å². The highest BCUT2D eigenvalue weighted by atomic mass is 16.5. The number of ether oxygens (including phenoxy) is 1. The van der Waals surface area contributed by atoms with Crippen LogP contribution in [0.5, 0.6) is 0 Å². The number of nitrogens with one attached hydrogen (secondary N) is 1. The summed E-state index contributed by atoms with van der Waals surface area (Å²) in [4.78, 5) is 15.8. The average Bonchev–Trinajstić information content (AvgIpc) is 2.86. The van der Waals surface area contributed by atoms with Crippen molar-refractivity contribution < 1.29 is 4.74 Å². The number of rotatable bonds is 1. The second kappa shape index (κ2) is 3.20. The Hall–Kier alpha value is -1.62. The van der Waals surface area contributed by atoms with E-state index in [4.69, 9.17) is 4.74 Å². The lowest BCUT2D eigenvalue weighted by molar-refractivity contribution is 0.105. The zero-order chi connectivity index (χ0) is 10.3. The molecule has 1 aliphatic heterocycles. The fraction of sp³-hybridized carbons (Fsp3) is 0.400. The summed E-state index contributed by atoms with van der Waals surface area (Å²) in [5.41, 5.74) is 0.553. The van der Waals surface area contributed by atoms with E-state index in [-0.39, 0.29) is 11.7 Å².